The molecular weight excluding hydrogens is 216 g/mol. The number of hydrogen-bond donors (Lipinski definition) is 2. The Balaban J connectivity index is 2.40. The lowest BCUT2D eigenvalue weighted by Crippen LogP contribution is -2.25. The lowest BCUT2D eigenvalue weighted by atomic mass is 10.3. The van der Waals surface area contributed by atoms with Gasteiger partial charge >= 0.3 is 0 Å². The van der Waals surface area contributed by atoms with Gasteiger partial charge in [0, 0.05) is 13.1 Å². The smallest absolute Gasteiger partial charge is 0.224 e. The van der Waals surface area contributed by atoms with Crippen molar-refractivity contribution in [2.75, 3.05) is 23.7 Å². The van der Waals surface area contributed by atoms with Gasteiger partial charge in [0.1, 0.15) is 5.52 Å². The molecule has 0 aromatic carbocycles. The molecule has 0 spiro atoms. The fraction of sp³-hybridized carbons (Fsp3) is 0.545. The van der Waals surface area contributed by atoms with E-state index < -0.39 is 0 Å². The minimum absolute atomic E-state index is 0.273. The maximum atomic E-state index is 5.70. The molecule has 0 amide bonds. The van der Waals surface area contributed by atoms with Gasteiger partial charge < -0.3 is 15.6 Å². The third kappa shape index (κ3) is 2.30. The normalized spacial score (nSPS) is 10.9. The van der Waals surface area contributed by atoms with E-state index in [1.807, 2.05) is 0 Å². The summed E-state index contributed by atoms with van der Waals surface area (Å²) in [4.78, 5) is 17.8. The predicted molar refractivity (Wildman–Crippen MR) is 68.9 cm³/mol. The van der Waals surface area contributed by atoms with Crippen LogP contribution in [0.4, 0.5) is 11.8 Å². The van der Waals surface area contributed by atoms with E-state index >= 15 is 0 Å². The number of imidazole rings is 1. The van der Waals surface area contributed by atoms with Crippen molar-refractivity contribution >= 4 is 22.9 Å². The Morgan fingerprint density at radius 1 is 1.35 bits per heavy atom. The highest BCUT2D eigenvalue weighted by atomic mass is 15.2. The van der Waals surface area contributed by atoms with Crippen molar-refractivity contribution in [3.8, 4) is 0 Å². The van der Waals surface area contributed by atoms with E-state index in [2.05, 4.69) is 38.7 Å². The molecule has 2 rings (SSSR count). The molecule has 0 bridgehead atoms. The number of unbranched alkanes of at least 4 members (excludes halogenated alkanes) is 1. The predicted octanol–water partition coefficient (Wildman–Crippen LogP) is 1.56. The number of rotatable bonds is 5. The third-order valence-corrected chi connectivity index (χ3v) is 2.75. The molecule has 0 fully saturated rings. The maximum absolute atomic E-state index is 5.70. The van der Waals surface area contributed by atoms with Crippen molar-refractivity contribution in [2.45, 2.75) is 26.7 Å². The Bertz CT molecular complexity index is 492. The number of hydrogen-bond acceptors (Lipinski definition) is 5. The molecule has 17 heavy (non-hydrogen) atoms. The molecular formula is C11H18N6. The van der Waals surface area contributed by atoms with E-state index in [-0.39, 0.29) is 5.95 Å². The monoisotopic (exact) mass is 234 g/mol. The summed E-state index contributed by atoms with van der Waals surface area (Å²) in [5, 5.41) is 0. The summed E-state index contributed by atoms with van der Waals surface area (Å²) in [5.41, 5.74) is 7.19. The van der Waals surface area contributed by atoms with Crippen LogP contribution < -0.4 is 10.6 Å². The van der Waals surface area contributed by atoms with Crippen LogP contribution in [0.5, 0.6) is 0 Å². The molecule has 0 unspecified atom stereocenters. The fourth-order valence-corrected chi connectivity index (χ4v) is 1.83. The summed E-state index contributed by atoms with van der Waals surface area (Å²) in [5.74, 6) is 1.12. The van der Waals surface area contributed by atoms with Gasteiger partial charge in [0.2, 0.25) is 5.95 Å². The van der Waals surface area contributed by atoms with Crippen molar-refractivity contribution in [1.29, 1.82) is 0 Å². The average Bonchev–Trinajstić information content (AvgIpc) is 2.77. The van der Waals surface area contributed by atoms with Crippen LogP contribution in [-0.2, 0) is 0 Å². The molecule has 6 heteroatoms. The first kappa shape index (κ1) is 11.6. The number of nitrogens with one attached hydrogen (secondary N) is 1. The Labute approximate surface area is 100 Å². The lowest BCUT2D eigenvalue weighted by molar-refractivity contribution is 0.726. The van der Waals surface area contributed by atoms with Crippen molar-refractivity contribution in [1.82, 2.24) is 19.9 Å². The van der Waals surface area contributed by atoms with Crippen molar-refractivity contribution in [2.24, 2.45) is 0 Å². The van der Waals surface area contributed by atoms with Crippen LogP contribution in [0, 0.1) is 0 Å². The quantitative estimate of drug-likeness (QED) is 0.820. The number of fused-ring (bicyclic) bond motifs is 1. The first-order chi connectivity index (χ1) is 8.26. The zero-order valence-corrected chi connectivity index (χ0v) is 10.3. The van der Waals surface area contributed by atoms with Gasteiger partial charge in [-0.3, -0.25) is 0 Å². The number of nitrogens with zero attached hydrogens (tertiary/aromatic N) is 4. The molecule has 6 nitrogen and oxygen atoms in total. The lowest BCUT2D eigenvalue weighted by Gasteiger charge is -2.21. The highest BCUT2D eigenvalue weighted by Gasteiger charge is 2.13. The topological polar surface area (TPSA) is 83.7 Å². The van der Waals surface area contributed by atoms with Gasteiger partial charge in [-0.05, 0) is 13.3 Å². The van der Waals surface area contributed by atoms with E-state index in [0.717, 1.165) is 37.3 Å². The number of H-pyrrole nitrogens is 1. The molecule has 3 N–H and O–H groups in total. The van der Waals surface area contributed by atoms with Gasteiger partial charge in [-0.2, -0.15) is 9.97 Å². The molecule has 0 atom stereocenters. The van der Waals surface area contributed by atoms with E-state index in [1.54, 1.807) is 6.33 Å². The van der Waals surface area contributed by atoms with Crippen LogP contribution in [-0.4, -0.2) is 33.0 Å². The number of aromatic nitrogens is 4. The second kappa shape index (κ2) is 4.99. The summed E-state index contributed by atoms with van der Waals surface area (Å²) < 4.78 is 0. The molecule has 2 aromatic heterocycles. The minimum atomic E-state index is 0.273. The molecule has 2 heterocycles. The Morgan fingerprint density at radius 3 is 2.88 bits per heavy atom. The number of nitrogens with two attached hydrogens (primary N) is 1. The number of anilines is 2. The van der Waals surface area contributed by atoms with Crippen molar-refractivity contribution in [3.05, 3.63) is 6.33 Å². The van der Waals surface area contributed by atoms with Crippen LogP contribution in [0.1, 0.15) is 26.7 Å². The van der Waals surface area contributed by atoms with Gasteiger partial charge in [0.25, 0.3) is 0 Å². The van der Waals surface area contributed by atoms with Crippen LogP contribution in [0.15, 0.2) is 6.33 Å². The second-order valence-electron chi connectivity index (χ2n) is 3.94. The standard InChI is InChI=1S/C11H18N6/c1-3-5-6-17(4-2)10-8-9(14-7-13-8)15-11(12)16-10/h7H,3-6H2,1-2H3,(H3,12,13,14,15,16). The Morgan fingerprint density at radius 2 is 2.18 bits per heavy atom. The summed E-state index contributed by atoms with van der Waals surface area (Å²) in [7, 11) is 0. The first-order valence-electron chi connectivity index (χ1n) is 5.97. The van der Waals surface area contributed by atoms with Gasteiger partial charge in [0.15, 0.2) is 11.5 Å². The van der Waals surface area contributed by atoms with E-state index in [0.29, 0.717) is 5.65 Å². The molecule has 0 radical (unpaired) electrons. The molecule has 0 aliphatic carbocycles. The molecule has 92 valence electrons. The SMILES string of the molecule is CCCCN(CC)c1nc(N)nc2nc[nH]c12. The third-order valence-electron chi connectivity index (χ3n) is 2.75. The Hall–Kier alpha value is -1.85. The van der Waals surface area contributed by atoms with Crippen LogP contribution in [0.2, 0.25) is 0 Å². The van der Waals surface area contributed by atoms with Crippen molar-refractivity contribution in [3.63, 3.8) is 0 Å². The number of aromatic amines is 1. The zero-order chi connectivity index (χ0) is 12.3. The molecule has 0 aliphatic rings. The van der Waals surface area contributed by atoms with Gasteiger partial charge in [0.05, 0.1) is 6.33 Å². The maximum Gasteiger partial charge on any atom is 0.224 e. The van der Waals surface area contributed by atoms with Crippen molar-refractivity contribution < 1.29 is 0 Å². The highest BCUT2D eigenvalue weighted by molar-refractivity contribution is 5.84. The van der Waals surface area contributed by atoms with Crippen LogP contribution in [0.25, 0.3) is 11.2 Å². The summed E-state index contributed by atoms with van der Waals surface area (Å²) in [6.07, 6.45) is 3.91. The number of nitrogen functional groups attached to an aromatic ring is 1. The summed E-state index contributed by atoms with van der Waals surface area (Å²) in [6, 6.07) is 0. The molecule has 0 aliphatic heterocycles. The molecule has 0 saturated carbocycles. The fourth-order valence-electron chi connectivity index (χ4n) is 1.83. The van der Waals surface area contributed by atoms with Gasteiger partial charge in [-0.1, -0.05) is 13.3 Å². The van der Waals surface area contributed by atoms with Gasteiger partial charge in [-0.25, -0.2) is 4.98 Å². The van der Waals surface area contributed by atoms with E-state index in [1.165, 1.54) is 0 Å². The van der Waals surface area contributed by atoms with Gasteiger partial charge in [-0.15, -0.1) is 0 Å². The zero-order valence-electron chi connectivity index (χ0n) is 10.3. The molecule has 2 aromatic rings. The van der Waals surface area contributed by atoms with E-state index in [9.17, 15) is 0 Å². The highest BCUT2D eigenvalue weighted by Crippen LogP contribution is 2.21. The van der Waals surface area contributed by atoms with E-state index in [4.69, 9.17) is 5.73 Å². The summed E-state index contributed by atoms with van der Waals surface area (Å²) >= 11 is 0. The average molecular weight is 234 g/mol. The van der Waals surface area contributed by atoms with Crippen LogP contribution in [0.3, 0.4) is 0 Å². The molecule has 0 saturated heterocycles. The second-order valence-corrected chi connectivity index (χ2v) is 3.94. The largest absolute Gasteiger partial charge is 0.368 e. The summed E-state index contributed by atoms with van der Waals surface area (Å²) in [6.45, 7) is 6.15. The first-order valence-corrected chi connectivity index (χ1v) is 5.97. The van der Waals surface area contributed by atoms with Crippen LogP contribution >= 0.6 is 0 Å². The minimum Gasteiger partial charge on any atom is -0.368 e. The Kier molecular flexibility index (Phi) is 3.41.